The van der Waals surface area contributed by atoms with E-state index in [0.29, 0.717) is 11.4 Å². The summed E-state index contributed by atoms with van der Waals surface area (Å²) in [5.41, 5.74) is 4.75. The predicted octanol–water partition coefficient (Wildman–Crippen LogP) is 3.02. The van der Waals surface area contributed by atoms with E-state index >= 15 is 0 Å². The molecule has 0 aliphatic rings. The fraction of sp³-hybridized carbons (Fsp3) is 0.462. The first-order chi connectivity index (χ1) is 9.25. The van der Waals surface area contributed by atoms with E-state index in [1.54, 1.807) is 13.1 Å². The van der Waals surface area contributed by atoms with Gasteiger partial charge in [-0.25, -0.2) is 0 Å². The predicted molar refractivity (Wildman–Crippen MR) is 80.7 cm³/mol. The Balaban J connectivity index is 0.00000400. The van der Waals surface area contributed by atoms with Gasteiger partial charge in [0.2, 0.25) is 5.91 Å². The van der Waals surface area contributed by atoms with Crippen molar-refractivity contribution < 1.29 is 18.0 Å². The molecule has 1 unspecified atom stereocenters. The average Bonchev–Trinajstić information content (AvgIpc) is 2.42. The van der Waals surface area contributed by atoms with Crippen molar-refractivity contribution in [3.05, 3.63) is 29.8 Å². The van der Waals surface area contributed by atoms with Crippen molar-refractivity contribution >= 4 is 30.1 Å². The van der Waals surface area contributed by atoms with Crippen molar-refractivity contribution in [3.63, 3.8) is 0 Å². The normalized spacial score (nSPS) is 12.5. The van der Waals surface area contributed by atoms with E-state index < -0.39 is 11.7 Å². The number of hydrogen-bond donors (Lipinski definition) is 1. The molecule has 1 rings (SSSR count). The Morgan fingerprint density at radius 3 is 2.57 bits per heavy atom. The first kappa shape index (κ1) is 20.1. The van der Waals surface area contributed by atoms with Gasteiger partial charge in [-0.15, -0.1) is 24.2 Å². The summed E-state index contributed by atoms with van der Waals surface area (Å²) in [6.07, 6.45) is -4.37. The molecule has 0 saturated heterocycles. The Morgan fingerprint density at radius 2 is 2.05 bits per heavy atom. The van der Waals surface area contributed by atoms with Crippen molar-refractivity contribution in [1.29, 1.82) is 0 Å². The number of amides is 1. The van der Waals surface area contributed by atoms with Gasteiger partial charge in [-0.05, 0) is 25.1 Å². The van der Waals surface area contributed by atoms with Gasteiger partial charge in [0, 0.05) is 24.5 Å². The third kappa shape index (κ3) is 6.15. The summed E-state index contributed by atoms with van der Waals surface area (Å²) in [5, 5.41) is 0. The molecule has 1 amide bonds. The molecule has 8 heteroatoms. The third-order valence-corrected chi connectivity index (χ3v) is 3.90. The quantitative estimate of drug-likeness (QED) is 0.837. The summed E-state index contributed by atoms with van der Waals surface area (Å²) in [7, 11) is 1.63. The highest BCUT2D eigenvalue weighted by Crippen LogP contribution is 2.31. The first-order valence-corrected chi connectivity index (χ1v) is 7.00. The molecule has 3 nitrogen and oxygen atoms in total. The van der Waals surface area contributed by atoms with Gasteiger partial charge in [0.1, 0.15) is 0 Å². The Hall–Kier alpha value is -0.920. The van der Waals surface area contributed by atoms with E-state index in [0.717, 1.165) is 23.9 Å². The van der Waals surface area contributed by atoms with Crippen molar-refractivity contribution in [3.8, 4) is 0 Å². The molecule has 0 bridgehead atoms. The highest BCUT2D eigenvalue weighted by atomic mass is 35.5. The fourth-order valence-corrected chi connectivity index (χ4v) is 2.29. The lowest BCUT2D eigenvalue weighted by Crippen LogP contribution is -2.40. The van der Waals surface area contributed by atoms with Crippen LogP contribution in [-0.4, -0.2) is 36.2 Å². The Morgan fingerprint density at radius 1 is 1.43 bits per heavy atom. The summed E-state index contributed by atoms with van der Waals surface area (Å²) in [6.45, 7) is 2.16. The largest absolute Gasteiger partial charge is 0.416 e. The van der Waals surface area contributed by atoms with Crippen LogP contribution < -0.4 is 5.73 Å². The zero-order valence-electron chi connectivity index (χ0n) is 11.7. The molecule has 0 spiro atoms. The molecule has 1 aromatic rings. The van der Waals surface area contributed by atoms with E-state index in [4.69, 9.17) is 5.73 Å². The maximum absolute atomic E-state index is 12.5. The summed E-state index contributed by atoms with van der Waals surface area (Å²) >= 11 is 1.08. The number of thioether (sulfide) groups is 1. The second-order valence-corrected chi connectivity index (χ2v) is 5.45. The van der Waals surface area contributed by atoms with Gasteiger partial charge in [0.15, 0.2) is 0 Å². The number of hydrogen-bond acceptors (Lipinski definition) is 3. The van der Waals surface area contributed by atoms with Gasteiger partial charge < -0.3 is 10.6 Å². The molecule has 0 aromatic heterocycles. The summed E-state index contributed by atoms with van der Waals surface area (Å²) in [5.74, 6) is -0.0762. The number of halogens is 4. The average molecular weight is 343 g/mol. The lowest BCUT2D eigenvalue weighted by molar-refractivity contribution is -0.137. The molecular weight excluding hydrogens is 325 g/mol. The molecule has 120 valence electrons. The zero-order valence-corrected chi connectivity index (χ0v) is 13.3. The van der Waals surface area contributed by atoms with Crippen LogP contribution in [0.3, 0.4) is 0 Å². The maximum atomic E-state index is 12.5. The summed E-state index contributed by atoms with van der Waals surface area (Å²) in [4.78, 5) is 13.7. The number of rotatable bonds is 5. The van der Waals surface area contributed by atoms with Crippen LogP contribution in [0.15, 0.2) is 29.2 Å². The first-order valence-electron chi connectivity index (χ1n) is 6.01. The van der Waals surface area contributed by atoms with Crippen molar-refractivity contribution in [2.75, 3.05) is 19.3 Å². The highest BCUT2D eigenvalue weighted by molar-refractivity contribution is 8.00. The molecule has 0 saturated carbocycles. The number of nitrogens with zero attached hydrogens (tertiary/aromatic N) is 1. The standard InChI is InChI=1S/C13H17F3N2OS.ClH/c1-9(7-17)18(2)12(19)8-20-11-5-3-4-10(6-11)13(14,15)16;/h3-6,9H,7-8,17H2,1-2H3;1H. The number of likely N-dealkylation sites (N-methyl/N-ethyl adjacent to an activating group) is 1. The van der Waals surface area contributed by atoms with Gasteiger partial charge in [-0.3, -0.25) is 4.79 Å². The monoisotopic (exact) mass is 342 g/mol. The van der Waals surface area contributed by atoms with Gasteiger partial charge >= 0.3 is 6.18 Å². The van der Waals surface area contributed by atoms with Crippen molar-refractivity contribution in [2.24, 2.45) is 5.73 Å². The number of carbonyl (C=O) groups is 1. The Kier molecular flexibility index (Phi) is 8.13. The second kappa shape index (κ2) is 8.51. The van der Waals surface area contributed by atoms with Crippen LogP contribution in [0.1, 0.15) is 12.5 Å². The number of benzene rings is 1. The van der Waals surface area contributed by atoms with E-state index in [2.05, 4.69) is 0 Å². The topological polar surface area (TPSA) is 46.3 Å². The van der Waals surface area contributed by atoms with E-state index in [9.17, 15) is 18.0 Å². The minimum atomic E-state index is -4.37. The van der Waals surface area contributed by atoms with Crippen LogP contribution >= 0.6 is 24.2 Å². The Bertz CT molecular complexity index is 471. The van der Waals surface area contributed by atoms with E-state index in [1.807, 2.05) is 6.92 Å². The van der Waals surface area contributed by atoms with Gasteiger partial charge in [0.05, 0.1) is 11.3 Å². The van der Waals surface area contributed by atoms with Gasteiger partial charge in [0.25, 0.3) is 0 Å². The van der Waals surface area contributed by atoms with Crippen LogP contribution in [0.25, 0.3) is 0 Å². The number of nitrogens with two attached hydrogens (primary N) is 1. The number of alkyl halides is 3. The molecular formula is C13H18ClF3N2OS. The Labute approximate surface area is 132 Å². The number of carbonyl (C=O) groups excluding carboxylic acids is 1. The summed E-state index contributed by atoms with van der Waals surface area (Å²) < 4.78 is 37.6. The molecule has 0 radical (unpaired) electrons. The minimum Gasteiger partial charge on any atom is -0.341 e. The van der Waals surface area contributed by atoms with Gasteiger partial charge in [-0.2, -0.15) is 13.2 Å². The minimum absolute atomic E-state index is 0. The van der Waals surface area contributed by atoms with E-state index in [-0.39, 0.29) is 30.1 Å². The van der Waals surface area contributed by atoms with Crippen LogP contribution in [-0.2, 0) is 11.0 Å². The smallest absolute Gasteiger partial charge is 0.341 e. The highest BCUT2D eigenvalue weighted by Gasteiger charge is 2.30. The van der Waals surface area contributed by atoms with Gasteiger partial charge in [-0.1, -0.05) is 6.07 Å². The SMILES string of the molecule is CC(CN)N(C)C(=O)CSc1cccc(C(F)(F)F)c1.Cl. The van der Waals surface area contributed by atoms with Crippen LogP contribution in [0, 0.1) is 0 Å². The summed E-state index contributed by atoms with van der Waals surface area (Å²) in [6, 6.07) is 4.85. The lowest BCUT2D eigenvalue weighted by atomic mass is 10.2. The molecule has 0 aliphatic heterocycles. The molecule has 21 heavy (non-hydrogen) atoms. The second-order valence-electron chi connectivity index (χ2n) is 4.40. The lowest BCUT2D eigenvalue weighted by Gasteiger charge is -2.23. The molecule has 2 N–H and O–H groups in total. The van der Waals surface area contributed by atoms with Crippen LogP contribution in [0.5, 0.6) is 0 Å². The van der Waals surface area contributed by atoms with Crippen LogP contribution in [0.2, 0.25) is 0 Å². The molecule has 1 aromatic carbocycles. The molecule has 0 aliphatic carbocycles. The van der Waals surface area contributed by atoms with Crippen molar-refractivity contribution in [2.45, 2.75) is 24.0 Å². The zero-order chi connectivity index (χ0) is 15.3. The fourth-order valence-electron chi connectivity index (χ4n) is 1.41. The maximum Gasteiger partial charge on any atom is 0.416 e. The van der Waals surface area contributed by atoms with Crippen molar-refractivity contribution in [1.82, 2.24) is 4.90 Å². The molecule has 0 fully saturated rings. The molecule has 0 heterocycles. The third-order valence-electron chi connectivity index (χ3n) is 2.92. The van der Waals surface area contributed by atoms with E-state index in [1.165, 1.54) is 11.0 Å². The van der Waals surface area contributed by atoms with Crippen LogP contribution in [0.4, 0.5) is 13.2 Å². The molecule has 1 atom stereocenters.